The van der Waals surface area contributed by atoms with E-state index in [4.69, 9.17) is 0 Å². The van der Waals surface area contributed by atoms with Gasteiger partial charge in [0.1, 0.15) is 5.82 Å². The van der Waals surface area contributed by atoms with Gasteiger partial charge in [0.25, 0.3) is 10.0 Å². The molecule has 1 aliphatic heterocycles. The van der Waals surface area contributed by atoms with E-state index >= 15 is 0 Å². The summed E-state index contributed by atoms with van der Waals surface area (Å²) < 4.78 is 28.4. The van der Waals surface area contributed by atoms with Gasteiger partial charge in [0.05, 0.1) is 0 Å². The molecule has 5 nitrogen and oxygen atoms in total. The van der Waals surface area contributed by atoms with Gasteiger partial charge in [-0.25, -0.2) is 13.4 Å². The van der Waals surface area contributed by atoms with Crippen LogP contribution in [0.3, 0.4) is 0 Å². The van der Waals surface area contributed by atoms with Crippen molar-refractivity contribution in [1.29, 1.82) is 0 Å². The van der Waals surface area contributed by atoms with Gasteiger partial charge >= 0.3 is 0 Å². The number of halogens is 1. The van der Waals surface area contributed by atoms with Crippen LogP contribution in [0.2, 0.25) is 0 Å². The number of aromatic nitrogens is 2. The molecule has 1 aromatic heterocycles. The number of rotatable bonds is 4. The number of alkyl halides is 1. The zero-order valence-corrected chi connectivity index (χ0v) is 13.7. The summed E-state index contributed by atoms with van der Waals surface area (Å²) in [4.78, 5) is 4.65. The molecule has 1 fully saturated rings. The fourth-order valence-corrected chi connectivity index (χ4v) is 4.14. The third-order valence-corrected chi connectivity index (χ3v) is 6.09. The second kappa shape index (κ2) is 5.93. The number of hydrogen-bond donors (Lipinski definition) is 0. The molecule has 0 unspecified atom stereocenters. The lowest BCUT2D eigenvalue weighted by molar-refractivity contribution is 0.353. The average molecular weight is 350 g/mol. The Bertz CT molecular complexity index is 533. The summed E-state index contributed by atoms with van der Waals surface area (Å²) in [7, 11) is -3.42. The molecule has 1 aromatic rings. The molecule has 2 rings (SSSR count). The zero-order chi connectivity index (χ0) is 14.0. The van der Waals surface area contributed by atoms with E-state index in [1.54, 1.807) is 10.5 Å². The summed E-state index contributed by atoms with van der Waals surface area (Å²) in [6.45, 7) is 5.85. The standard InChI is InChI=1S/C12H20BrN3O2S/c1-3-6-15-9-12(14-10(15)2)19(17,18)16-7-4-11(13)5-8-16/h9,11H,3-8H2,1-2H3. The lowest BCUT2D eigenvalue weighted by Gasteiger charge is -2.27. The summed E-state index contributed by atoms with van der Waals surface area (Å²) >= 11 is 3.53. The summed E-state index contributed by atoms with van der Waals surface area (Å²) in [6.07, 6.45) is 4.34. The predicted octanol–water partition coefficient (Wildman–Crippen LogP) is 2.15. The highest BCUT2D eigenvalue weighted by Crippen LogP contribution is 2.23. The first kappa shape index (κ1) is 15.0. The quantitative estimate of drug-likeness (QED) is 0.782. The van der Waals surface area contributed by atoms with E-state index in [2.05, 4.69) is 27.8 Å². The third kappa shape index (κ3) is 3.20. The van der Waals surface area contributed by atoms with Crippen molar-refractivity contribution in [2.24, 2.45) is 0 Å². The Morgan fingerprint density at radius 1 is 1.42 bits per heavy atom. The van der Waals surface area contributed by atoms with E-state index in [-0.39, 0.29) is 5.03 Å². The van der Waals surface area contributed by atoms with Crippen LogP contribution in [-0.2, 0) is 16.6 Å². The second-order valence-corrected chi connectivity index (χ2v) is 8.08. The van der Waals surface area contributed by atoms with Crippen LogP contribution < -0.4 is 0 Å². The van der Waals surface area contributed by atoms with E-state index < -0.39 is 10.0 Å². The van der Waals surface area contributed by atoms with Crippen molar-refractivity contribution in [2.75, 3.05) is 13.1 Å². The number of aryl methyl sites for hydroxylation is 2. The molecule has 2 heterocycles. The largest absolute Gasteiger partial charge is 0.334 e. The van der Waals surface area contributed by atoms with Gasteiger partial charge < -0.3 is 4.57 Å². The van der Waals surface area contributed by atoms with Crippen molar-refractivity contribution >= 4 is 26.0 Å². The Kier molecular flexibility index (Phi) is 4.68. The first-order chi connectivity index (χ1) is 8.95. The van der Waals surface area contributed by atoms with Gasteiger partial charge in [-0.15, -0.1) is 0 Å². The van der Waals surface area contributed by atoms with E-state index in [1.807, 2.05) is 11.5 Å². The maximum absolute atomic E-state index is 12.5. The van der Waals surface area contributed by atoms with Gasteiger partial charge in [-0.3, -0.25) is 0 Å². The minimum atomic E-state index is -3.42. The van der Waals surface area contributed by atoms with Gasteiger partial charge in [-0.1, -0.05) is 22.9 Å². The molecule has 0 aliphatic carbocycles. The molecule has 0 N–H and O–H groups in total. The Hall–Kier alpha value is -0.400. The highest BCUT2D eigenvalue weighted by atomic mass is 79.9. The summed E-state index contributed by atoms with van der Waals surface area (Å²) in [5.74, 6) is 0.760. The van der Waals surface area contributed by atoms with E-state index in [0.717, 1.165) is 31.6 Å². The first-order valence-corrected chi connectivity index (χ1v) is 8.98. The van der Waals surface area contributed by atoms with Crippen molar-refractivity contribution in [3.05, 3.63) is 12.0 Å². The SMILES string of the molecule is CCCn1cc(S(=O)(=O)N2CCC(Br)CC2)nc1C. The summed E-state index contributed by atoms with van der Waals surface area (Å²) in [5, 5.41) is 0.187. The molecule has 19 heavy (non-hydrogen) atoms. The van der Waals surface area contributed by atoms with Crippen molar-refractivity contribution in [3.63, 3.8) is 0 Å². The predicted molar refractivity (Wildman–Crippen MR) is 78.0 cm³/mol. The minimum Gasteiger partial charge on any atom is -0.334 e. The number of nitrogens with zero attached hydrogens (tertiary/aromatic N) is 3. The number of sulfonamides is 1. The van der Waals surface area contributed by atoms with Gasteiger partial charge in [0.2, 0.25) is 0 Å². The molecule has 0 radical (unpaired) electrons. The number of piperidine rings is 1. The second-order valence-electron chi connectivity index (χ2n) is 4.90. The first-order valence-electron chi connectivity index (χ1n) is 6.63. The molecule has 0 aromatic carbocycles. The topological polar surface area (TPSA) is 55.2 Å². The molecule has 0 saturated carbocycles. The van der Waals surface area contributed by atoms with Crippen LogP contribution in [-0.4, -0.2) is 40.2 Å². The lowest BCUT2D eigenvalue weighted by atomic mass is 10.2. The zero-order valence-electron chi connectivity index (χ0n) is 11.3. The Morgan fingerprint density at radius 2 is 2.05 bits per heavy atom. The molecular weight excluding hydrogens is 330 g/mol. The van der Waals surface area contributed by atoms with Crippen LogP contribution in [0.1, 0.15) is 32.0 Å². The number of hydrogen-bond acceptors (Lipinski definition) is 3. The van der Waals surface area contributed by atoms with Gasteiger partial charge in [0, 0.05) is 30.7 Å². The minimum absolute atomic E-state index is 0.187. The van der Waals surface area contributed by atoms with Gasteiger partial charge in [-0.2, -0.15) is 4.31 Å². The Morgan fingerprint density at radius 3 is 2.63 bits per heavy atom. The van der Waals surface area contributed by atoms with Crippen molar-refractivity contribution < 1.29 is 8.42 Å². The van der Waals surface area contributed by atoms with Crippen LogP contribution in [0.4, 0.5) is 0 Å². The van der Waals surface area contributed by atoms with Crippen molar-refractivity contribution in [3.8, 4) is 0 Å². The molecular formula is C12H20BrN3O2S. The van der Waals surface area contributed by atoms with E-state index in [0.29, 0.717) is 17.9 Å². The molecule has 0 amide bonds. The summed E-state index contributed by atoms with van der Waals surface area (Å²) in [5.41, 5.74) is 0. The maximum atomic E-state index is 12.5. The Balaban J connectivity index is 2.22. The van der Waals surface area contributed by atoms with E-state index in [1.165, 1.54) is 0 Å². The van der Waals surface area contributed by atoms with Gasteiger partial charge in [-0.05, 0) is 26.2 Å². The van der Waals surface area contributed by atoms with Crippen LogP contribution >= 0.6 is 15.9 Å². The fourth-order valence-electron chi connectivity index (χ4n) is 2.27. The monoisotopic (exact) mass is 349 g/mol. The van der Waals surface area contributed by atoms with Crippen LogP contribution in [0, 0.1) is 6.92 Å². The highest BCUT2D eigenvalue weighted by molar-refractivity contribution is 9.09. The molecule has 0 bridgehead atoms. The molecule has 1 aliphatic rings. The molecule has 0 spiro atoms. The third-order valence-electron chi connectivity index (χ3n) is 3.41. The normalized spacial score (nSPS) is 18.9. The molecule has 7 heteroatoms. The van der Waals surface area contributed by atoms with Crippen molar-refractivity contribution in [2.45, 2.75) is 49.5 Å². The van der Waals surface area contributed by atoms with E-state index in [9.17, 15) is 8.42 Å². The maximum Gasteiger partial charge on any atom is 0.262 e. The lowest BCUT2D eigenvalue weighted by Crippen LogP contribution is -2.38. The number of imidazole rings is 1. The summed E-state index contributed by atoms with van der Waals surface area (Å²) in [6, 6.07) is 0. The highest BCUT2D eigenvalue weighted by Gasteiger charge is 2.30. The fraction of sp³-hybridized carbons (Fsp3) is 0.750. The average Bonchev–Trinajstić information content (AvgIpc) is 2.73. The molecule has 108 valence electrons. The van der Waals surface area contributed by atoms with Crippen LogP contribution in [0.5, 0.6) is 0 Å². The molecule has 0 atom stereocenters. The smallest absolute Gasteiger partial charge is 0.262 e. The molecule has 1 saturated heterocycles. The van der Waals surface area contributed by atoms with Crippen LogP contribution in [0.25, 0.3) is 0 Å². The van der Waals surface area contributed by atoms with Crippen molar-refractivity contribution in [1.82, 2.24) is 13.9 Å². The van der Waals surface area contributed by atoms with Gasteiger partial charge in [0.15, 0.2) is 5.03 Å². The van der Waals surface area contributed by atoms with Crippen LogP contribution in [0.15, 0.2) is 11.2 Å². The Labute approximate surface area is 123 Å².